The number of nitrogens with zero attached hydrogens (tertiary/aromatic N) is 4. The number of halogens is 1. The molecule has 0 bridgehead atoms. The average molecular weight is 401 g/mol. The lowest BCUT2D eigenvalue weighted by molar-refractivity contribution is 0.0767. The lowest BCUT2D eigenvalue weighted by Crippen LogP contribution is -2.39. The lowest BCUT2D eigenvalue weighted by atomic mass is 10.3. The fraction of sp³-hybridized carbons (Fsp3) is 0.316. The van der Waals surface area contributed by atoms with Gasteiger partial charge in [-0.2, -0.15) is 5.10 Å². The maximum Gasteiger partial charge on any atom is 0.314 e. The molecular weight excluding hydrogens is 381 g/mol. The van der Waals surface area contributed by atoms with Crippen LogP contribution in [0.25, 0.3) is 15.9 Å². The van der Waals surface area contributed by atoms with Crippen molar-refractivity contribution in [2.45, 2.75) is 13.3 Å². The van der Waals surface area contributed by atoms with Crippen LogP contribution in [0.15, 0.2) is 30.3 Å². The summed E-state index contributed by atoms with van der Waals surface area (Å²) in [7, 11) is 0. The molecule has 1 aromatic carbocycles. The van der Waals surface area contributed by atoms with Crippen molar-refractivity contribution in [3.05, 3.63) is 46.7 Å². The number of carbonyl (C=O) groups is 2. The van der Waals surface area contributed by atoms with Crippen LogP contribution in [0, 0.1) is 12.7 Å². The standard InChI is InChI=1S/C19H20FN5O2S/c1-12-15-11-16(17(26)23-7-2-8-24(10-9-23)19(21)27)28-18(15)25(22-12)14-5-3-13(20)4-6-14/h3-6,11H,2,7-10H2,1H3,(H2,21,27). The van der Waals surface area contributed by atoms with Crippen LogP contribution in [-0.4, -0.2) is 57.7 Å². The SMILES string of the molecule is Cc1nn(-c2ccc(F)cc2)c2sc(C(=O)N3CCCN(C(N)=O)CC3)cc12. The zero-order chi connectivity index (χ0) is 19.8. The van der Waals surface area contributed by atoms with Gasteiger partial charge in [0.15, 0.2) is 0 Å². The number of rotatable bonds is 2. The first-order valence-corrected chi connectivity index (χ1v) is 9.84. The van der Waals surface area contributed by atoms with Gasteiger partial charge in [-0.15, -0.1) is 11.3 Å². The van der Waals surface area contributed by atoms with E-state index in [1.54, 1.807) is 26.6 Å². The Morgan fingerprint density at radius 3 is 2.50 bits per heavy atom. The molecule has 1 saturated heterocycles. The molecule has 0 atom stereocenters. The molecule has 1 aliphatic heterocycles. The number of aromatic nitrogens is 2. The van der Waals surface area contributed by atoms with Crippen LogP contribution in [0.5, 0.6) is 0 Å². The van der Waals surface area contributed by atoms with E-state index in [4.69, 9.17) is 5.73 Å². The van der Waals surface area contributed by atoms with Gasteiger partial charge in [0.1, 0.15) is 10.6 Å². The highest BCUT2D eigenvalue weighted by molar-refractivity contribution is 7.20. The Morgan fingerprint density at radius 2 is 1.79 bits per heavy atom. The molecule has 0 aliphatic carbocycles. The summed E-state index contributed by atoms with van der Waals surface area (Å²) in [4.78, 5) is 29.2. The number of aryl methyl sites for hydroxylation is 1. The minimum absolute atomic E-state index is 0.0578. The van der Waals surface area contributed by atoms with E-state index in [0.717, 1.165) is 21.6 Å². The van der Waals surface area contributed by atoms with E-state index in [-0.39, 0.29) is 11.7 Å². The Balaban J connectivity index is 1.63. The number of hydrogen-bond donors (Lipinski definition) is 1. The minimum Gasteiger partial charge on any atom is -0.351 e. The lowest BCUT2D eigenvalue weighted by Gasteiger charge is -2.20. The van der Waals surface area contributed by atoms with Gasteiger partial charge in [-0.25, -0.2) is 13.9 Å². The smallest absolute Gasteiger partial charge is 0.314 e. The van der Waals surface area contributed by atoms with Crippen molar-refractivity contribution in [1.29, 1.82) is 0 Å². The Bertz CT molecular complexity index is 1040. The highest BCUT2D eigenvalue weighted by atomic mass is 32.1. The van der Waals surface area contributed by atoms with Gasteiger partial charge in [0.05, 0.1) is 16.3 Å². The first-order chi connectivity index (χ1) is 13.4. The first kappa shape index (κ1) is 18.4. The molecule has 3 aromatic rings. The number of fused-ring (bicyclic) bond motifs is 1. The molecule has 3 heterocycles. The van der Waals surface area contributed by atoms with E-state index >= 15 is 0 Å². The Kier molecular flexibility index (Phi) is 4.76. The van der Waals surface area contributed by atoms with Crippen molar-refractivity contribution >= 4 is 33.5 Å². The molecule has 1 fully saturated rings. The number of thiophene rings is 1. The number of benzene rings is 1. The third-order valence-electron chi connectivity index (χ3n) is 4.92. The average Bonchev–Trinajstić information content (AvgIpc) is 3.12. The van der Waals surface area contributed by atoms with Gasteiger partial charge in [0.25, 0.3) is 5.91 Å². The number of carbonyl (C=O) groups excluding carboxylic acids is 2. The zero-order valence-electron chi connectivity index (χ0n) is 15.4. The molecule has 28 heavy (non-hydrogen) atoms. The highest BCUT2D eigenvalue weighted by Gasteiger charge is 2.24. The molecule has 2 aromatic heterocycles. The molecule has 2 N–H and O–H groups in total. The number of hydrogen-bond acceptors (Lipinski definition) is 4. The van der Waals surface area contributed by atoms with Crippen molar-refractivity contribution in [2.75, 3.05) is 26.2 Å². The molecule has 0 saturated carbocycles. The quantitative estimate of drug-likeness (QED) is 0.717. The fourth-order valence-corrected chi connectivity index (χ4v) is 4.56. The second kappa shape index (κ2) is 7.23. The summed E-state index contributed by atoms with van der Waals surface area (Å²) < 4.78 is 15.0. The number of nitrogens with two attached hydrogens (primary N) is 1. The van der Waals surface area contributed by atoms with Gasteiger partial charge in [0, 0.05) is 31.6 Å². The number of amides is 3. The summed E-state index contributed by atoms with van der Waals surface area (Å²) >= 11 is 1.37. The summed E-state index contributed by atoms with van der Waals surface area (Å²) in [6, 6.07) is 7.51. The fourth-order valence-electron chi connectivity index (χ4n) is 3.41. The van der Waals surface area contributed by atoms with Gasteiger partial charge in [0.2, 0.25) is 0 Å². The second-order valence-corrected chi connectivity index (χ2v) is 7.80. The molecule has 4 rings (SSSR count). The highest BCUT2D eigenvalue weighted by Crippen LogP contribution is 2.31. The van der Waals surface area contributed by atoms with Crippen LogP contribution in [0.1, 0.15) is 21.8 Å². The second-order valence-electron chi connectivity index (χ2n) is 6.77. The summed E-state index contributed by atoms with van der Waals surface area (Å²) in [6.07, 6.45) is 0.696. The normalized spacial score (nSPS) is 15.1. The molecule has 0 radical (unpaired) electrons. The van der Waals surface area contributed by atoms with E-state index in [1.807, 2.05) is 13.0 Å². The number of primary amides is 1. The van der Waals surface area contributed by atoms with E-state index in [2.05, 4.69) is 5.10 Å². The Labute approximate surface area is 165 Å². The molecule has 0 unspecified atom stereocenters. The Morgan fingerprint density at radius 1 is 1.11 bits per heavy atom. The third kappa shape index (κ3) is 3.33. The van der Waals surface area contributed by atoms with E-state index in [1.165, 1.54) is 23.5 Å². The van der Waals surface area contributed by atoms with E-state index < -0.39 is 6.03 Å². The third-order valence-corrected chi connectivity index (χ3v) is 6.02. The predicted octanol–water partition coefficient (Wildman–Crippen LogP) is 2.76. The van der Waals surface area contributed by atoms with Crippen molar-refractivity contribution in [2.24, 2.45) is 5.73 Å². The van der Waals surface area contributed by atoms with Crippen molar-refractivity contribution < 1.29 is 14.0 Å². The van der Waals surface area contributed by atoms with Crippen LogP contribution < -0.4 is 5.73 Å². The van der Waals surface area contributed by atoms with Gasteiger partial charge < -0.3 is 15.5 Å². The largest absolute Gasteiger partial charge is 0.351 e. The van der Waals surface area contributed by atoms with Gasteiger partial charge in [-0.1, -0.05) is 0 Å². The summed E-state index contributed by atoms with van der Waals surface area (Å²) in [5.41, 5.74) is 6.91. The zero-order valence-corrected chi connectivity index (χ0v) is 16.2. The number of urea groups is 1. The first-order valence-electron chi connectivity index (χ1n) is 9.03. The van der Waals surface area contributed by atoms with E-state index in [0.29, 0.717) is 37.5 Å². The van der Waals surface area contributed by atoms with Crippen molar-refractivity contribution in [3.63, 3.8) is 0 Å². The van der Waals surface area contributed by atoms with Crippen LogP contribution in [-0.2, 0) is 0 Å². The maximum atomic E-state index is 13.2. The molecule has 0 spiro atoms. The van der Waals surface area contributed by atoms with Gasteiger partial charge in [-0.3, -0.25) is 4.79 Å². The predicted molar refractivity (Wildman–Crippen MR) is 105 cm³/mol. The maximum absolute atomic E-state index is 13.2. The molecule has 9 heteroatoms. The van der Waals surface area contributed by atoms with E-state index in [9.17, 15) is 14.0 Å². The van der Waals surface area contributed by atoms with Crippen LogP contribution in [0.2, 0.25) is 0 Å². The van der Waals surface area contributed by atoms with Crippen molar-refractivity contribution in [1.82, 2.24) is 19.6 Å². The minimum atomic E-state index is -0.453. The summed E-state index contributed by atoms with van der Waals surface area (Å²) in [5.74, 6) is -0.366. The summed E-state index contributed by atoms with van der Waals surface area (Å²) in [5, 5.41) is 5.44. The molecule has 7 nitrogen and oxygen atoms in total. The monoisotopic (exact) mass is 401 g/mol. The van der Waals surface area contributed by atoms with Crippen molar-refractivity contribution in [3.8, 4) is 5.69 Å². The van der Waals surface area contributed by atoms with Gasteiger partial charge >= 0.3 is 6.03 Å². The van der Waals surface area contributed by atoms with Gasteiger partial charge in [-0.05, 0) is 43.7 Å². The van der Waals surface area contributed by atoms with Crippen LogP contribution in [0.3, 0.4) is 0 Å². The molecular formula is C19H20FN5O2S. The molecule has 3 amide bonds. The Hall–Kier alpha value is -2.94. The summed E-state index contributed by atoms with van der Waals surface area (Å²) in [6.45, 7) is 3.93. The molecule has 1 aliphatic rings. The van der Waals surface area contributed by atoms with Crippen LogP contribution in [0.4, 0.5) is 9.18 Å². The molecule has 146 valence electrons. The topological polar surface area (TPSA) is 84.5 Å². The van der Waals surface area contributed by atoms with Crippen LogP contribution >= 0.6 is 11.3 Å².